The largest absolute Gasteiger partial charge is 0.493 e. The fourth-order valence-electron chi connectivity index (χ4n) is 1.98. The number of hydrogen-bond acceptors (Lipinski definition) is 5. The number of benzene rings is 2. The fraction of sp³-hybridized carbons (Fsp3) is 0.222. The van der Waals surface area contributed by atoms with Crippen LogP contribution in [0.15, 0.2) is 48.5 Å². The normalized spacial score (nSPS) is 9.92. The molecule has 0 aromatic heterocycles. The summed E-state index contributed by atoms with van der Waals surface area (Å²) in [4.78, 5) is 23.0. The second kappa shape index (κ2) is 8.57. The van der Waals surface area contributed by atoms with Crippen molar-refractivity contribution in [1.29, 1.82) is 0 Å². The zero-order valence-electron chi connectivity index (χ0n) is 13.6. The van der Waals surface area contributed by atoms with Gasteiger partial charge in [0.25, 0.3) is 0 Å². The van der Waals surface area contributed by atoms with Gasteiger partial charge in [0.05, 0.1) is 13.7 Å². The number of ether oxygens (including phenoxy) is 3. The van der Waals surface area contributed by atoms with Gasteiger partial charge in [-0.05, 0) is 24.6 Å². The van der Waals surface area contributed by atoms with E-state index in [-0.39, 0.29) is 6.61 Å². The highest BCUT2D eigenvalue weighted by molar-refractivity contribution is 6.37. The highest BCUT2D eigenvalue weighted by Gasteiger charge is 2.16. The van der Waals surface area contributed by atoms with Gasteiger partial charge in [0.15, 0.2) is 11.5 Å². The average Bonchev–Trinajstić information content (AvgIpc) is 2.61. The molecule has 2 aromatic rings. The van der Waals surface area contributed by atoms with E-state index in [2.05, 4.69) is 10.1 Å². The van der Waals surface area contributed by atoms with E-state index in [9.17, 15) is 9.59 Å². The first-order valence-electron chi connectivity index (χ1n) is 7.47. The lowest BCUT2D eigenvalue weighted by molar-refractivity contribution is -0.152. The molecule has 0 heterocycles. The SMILES string of the molecule is CCOC(=O)C(=O)Nc1ccc(OCc2ccccc2)c(OC)c1. The standard InChI is InChI=1S/C18H19NO5/c1-3-23-18(21)17(20)19-14-9-10-15(16(11-14)22-2)24-12-13-7-5-4-6-8-13/h4-11H,3,12H2,1-2H3,(H,19,20). The van der Waals surface area contributed by atoms with Crippen LogP contribution in [0.4, 0.5) is 5.69 Å². The van der Waals surface area contributed by atoms with Gasteiger partial charge >= 0.3 is 11.9 Å². The lowest BCUT2D eigenvalue weighted by Crippen LogP contribution is -2.24. The molecule has 2 rings (SSSR count). The zero-order valence-corrected chi connectivity index (χ0v) is 13.6. The van der Waals surface area contributed by atoms with Gasteiger partial charge in [-0.15, -0.1) is 0 Å². The minimum absolute atomic E-state index is 0.141. The predicted molar refractivity (Wildman–Crippen MR) is 89.0 cm³/mol. The van der Waals surface area contributed by atoms with Gasteiger partial charge in [0.1, 0.15) is 6.61 Å². The van der Waals surface area contributed by atoms with Gasteiger partial charge in [-0.25, -0.2) is 4.79 Å². The Morgan fingerprint density at radius 3 is 2.46 bits per heavy atom. The van der Waals surface area contributed by atoms with E-state index < -0.39 is 11.9 Å². The van der Waals surface area contributed by atoms with Gasteiger partial charge < -0.3 is 19.5 Å². The number of nitrogens with one attached hydrogen (secondary N) is 1. The number of rotatable bonds is 6. The summed E-state index contributed by atoms with van der Waals surface area (Å²) in [6.45, 7) is 2.17. The summed E-state index contributed by atoms with van der Waals surface area (Å²) in [6.07, 6.45) is 0. The highest BCUT2D eigenvalue weighted by Crippen LogP contribution is 2.30. The molecule has 0 saturated heterocycles. The van der Waals surface area contributed by atoms with Crippen LogP contribution in [0.5, 0.6) is 11.5 Å². The maximum Gasteiger partial charge on any atom is 0.397 e. The van der Waals surface area contributed by atoms with Crippen LogP contribution in [0.1, 0.15) is 12.5 Å². The second-order valence-corrected chi connectivity index (χ2v) is 4.81. The molecule has 1 amide bonds. The summed E-state index contributed by atoms with van der Waals surface area (Å²) in [7, 11) is 1.50. The first-order chi connectivity index (χ1) is 11.6. The number of carbonyl (C=O) groups is 2. The molecule has 6 nitrogen and oxygen atoms in total. The molecule has 0 aliphatic carbocycles. The Kier molecular flexibility index (Phi) is 6.19. The first-order valence-corrected chi connectivity index (χ1v) is 7.47. The van der Waals surface area contributed by atoms with Crippen molar-refractivity contribution in [1.82, 2.24) is 0 Å². The number of carbonyl (C=O) groups excluding carboxylic acids is 2. The van der Waals surface area contributed by atoms with Crippen LogP contribution in [-0.4, -0.2) is 25.6 Å². The maximum atomic E-state index is 11.6. The van der Waals surface area contributed by atoms with Crippen molar-refractivity contribution in [2.45, 2.75) is 13.5 Å². The summed E-state index contributed by atoms with van der Waals surface area (Å²) >= 11 is 0. The van der Waals surface area contributed by atoms with Gasteiger partial charge in [-0.1, -0.05) is 30.3 Å². The van der Waals surface area contributed by atoms with E-state index in [1.807, 2.05) is 30.3 Å². The van der Waals surface area contributed by atoms with E-state index in [1.165, 1.54) is 7.11 Å². The van der Waals surface area contributed by atoms with Crippen LogP contribution in [0.3, 0.4) is 0 Å². The Hall–Kier alpha value is -3.02. The van der Waals surface area contributed by atoms with Crippen LogP contribution in [0.25, 0.3) is 0 Å². The molecule has 126 valence electrons. The Labute approximate surface area is 140 Å². The van der Waals surface area contributed by atoms with Crippen molar-refractivity contribution in [3.8, 4) is 11.5 Å². The molecule has 0 spiro atoms. The third kappa shape index (κ3) is 4.74. The topological polar surface area (TPSA) is 73.9 Å². The van der Waals surface area contributed by atoms with Crippen LogP contribution < -0.4 is 14.8 Å². The predicted octanol–water partition coefficient (Wildman–Crippen LogP) is 2.78. The van der Waals surface area contributed by atoms with Gasteiger partial charge in [0.2, 0.25) is 0 Å². The third-order valence-corrected chi connectivity index (χ3v) is 3.12. The molecule has 1 N–H and O–H groups in total. The van der Waals surface area contributed by atoms with Crippen molar-refractivity contribution < 1.29 is 23.8 Å². The first kappa shape index (κ1) is 17.3. The molecule has 2 aromatic carbocycles. The molecule has 0 atom stereocenters. The molecule has 0 unspecified atom stereocenters. The lowest BCUT2D eigenvalue weighted by Gasteiger charge is -2.12. The lowest BCUT2D eigenvalue weighted by atomic mass is 10.2. The Balaban J connectivity index is 2.04. The summed E-state index contributed by atoms with van der Waals surface area (Å²) in [5.74, 6) is -0.777. The van der Waals surface area contributed by atoms with E-state index in [4.69, 9.17) is 9.47 Å². The quantitative estimate of drug-likeness (QED) is 0.651. The molecule has 6 heteroatoms. The number of methoxy groups -OCH3 is 1. The van der Waals surface area contributed by atoms with Crippen LogP contribution in [-0.2, 0) is 20.9 Å². The summed E-state index contributed by atoms with van der Waals surface area (Å²) in [5, 5.41) is 2.45. The van der Waals surface area contributed by atoms with E-state index in [0.717, 1.165) is 5.56 Å². The molecule has 0 bridgehead atoms. The highest BCUT2D eigenvalue weighted by atomic mass is 16.5. The molecule has 0 fully saturated rings. The summed E-state index contributed by atoms with van der Waals surface area (Å²) in [5.41, 5.74) is 1.44. The molecule has 0 aliphatic rings. The van der Waals surface area contributed by atoms with E-state index >= 15 is 0 Å². The summed E-state index contributed by atoms with van der Waals surface area (Å²) in [6, 6.07) is 14.6. The van der Waals surface area contributed by atoms with Gasteiger partial charge in [0, 0.05) is 11.8 Å². The molecular formula is C18H19NO5. The number of hydrogen-bond donors (Lipinski definition) is 1. The molecular weight excluding hydrogens is 310 g/mol. The van der Waals surface area contributed by atoms with Crippen LogP contribution >= 0.6 is 0 Å². The van der Waals surface area contributed by atoms with Crippen molar-refractivity contribution in [2.24, 2.45) is 0 Å². The number of amides is 1. The van der Waals surface area contributed by atoms with Crippen molar-refractivity contribution in [3.05, 3.63) is 54.1 Å². The summed E-state index contributed by atoms with van der Waals surface area (Å²) < 4.78 is 15.6. The smallest absolute Gasteiger partial charge is 0.397 e. The Bertz CT molecular complexity index is 700. The molecule has 24 heavy (non-hydrogen) atoms. The van der Waals surface area contributed by atoms with Crippen molar-refractivity contribution in [2.75, 3.05) is 19.0 Å². The Morgan fingerprint density at radius 1 is 1.04 bits per heavy atom. The minimum atomic E-state index is -0.930. The average molecular weight is 329 g/mol. The fourth-order valence-corrected chi connectivity index (χ4v) is 1.98. The van der Waals surface area contributed by atoms with Crippen LogP contribution in [0.2, 0.25) is 0 Å². The minimum Gasteiger partial charge on any atom is -0.493 e. The maximum absolute atomic E-state index is 11.6. The van der Waals surface area contributed by atoms with Crippen molar-refractivity contribution in [3.63, 3.8) is 0 Å². The molecule has 0 saturated carbocycles. The van der Waals surface area contributed by atoms with E-state index in [1.54, 1.807) is 25.1 Å². The van der Waals surface area contributed by atoms with E-state index in [0.29, 0.717) is 23.8 Å². The number of anilines is 1. The molecule has 0 aliphatic heterocycles. The third-order valence-electron chi connectivity index (χ3n) is 3.12. The monoisotopic (exact) mass is 329 g/mol. The zero-order chi connectivity index (χ0) is 17.4. The Morgan fingerprint density at radius 2 is 1.79 bits per heavy atom. The second-order valence-electron chi connectivity index (χ2n) is 4.81. The molecule has 0 radical (unpaired) electrons. The number of esters is 1. The van der Waals surface area contributed by atoms with Crippen LogP contribution in [0, 0.1) is 0 Å². The van der Waals surface area contributed by atoms with Gasteiger partial charge in [-0.3, -0.25) is 4.79 Å². The van der Waals surface area contributed by atoms with Crippen molar-refractivity contribution >= 4 is 17.6 Å². The van der Waals surface area contributed by atoms with Gasteiger partial charge in [-0.2, -0.15) is 0 Å².